The molecule has 2 saturated heterocycles. The van der Waals surface area contributed by atoms with Crippen molar-refractivity contribution in [2.75, 3.05) is 33.0 Å². The van der Waals surface area contributed by atoms with Gasteiger partial charge in [0.2, 0.25) is 5.91 Å². The second-order valence-corrected chi connectivity index (χ2v) is 7.17. The first-order valence-corrected chi connectivity index (χ1v) is 9.26. The summed E-state index contributed by atoms with van der Waals surface area (Å²) < 4.78 is 13.1. The van der Waals surface area contributed by atoms with E-state index in [0.717, 1.165) is 52.0 Å². The van der Waals surface area contributed by atoms with Gasteiger partial charge in [0.15, 0.2) is 0 Å². The number of hydrogen-bond acceptors (Lipinski definition) is 5. The van der Waals surface area contributed by atoms with Crippen LogP contribution >= 0.6 is 0 Å². The van der Waals surface area contributed by atoms with E-state index in [9.17, 15) is 4.79 Å². The average molecular weight is 346 g/mol. The topological polar surface area (TPSA) is 69.5 Å². The SMILES string of the molecule is O=C(CCn1cncn1)N1CCC[C@@]2(C3=CCOCC3)COCC[C@H]12. The molecule has 0 aromatic carbocycles. The Hall–Kier alpha value is -1.73. The zero-order chi connectivity index (χ0) is 17.1. The van der Waals surface area contributed by atoms with Crippen molar-refractivity contribution in [1.82, 2.24) is 19.7 Å². The highest BCUT2D eigenvalue weighted by molar-refractivity contribution is 5.76. The van der Waals surface area contributed by atoms with Gasteiger partial charge in [-0.25, -0.2) is 4.98 Å². The minimum atomic E-state index is -0.0107. The molecule has 3 aliphatic rings. The number of aromatic nitrogens is 3. The molecule has 1 aromatic heterocycles. The van der Waals surface area contributed by atoms with Crippen molar-refractivity contribution in [2.45, 2.75) is 44.7 Å². The number of nitrogens with zero attached hydrogens (tertiary/aromatic N) is 4. The summed E-state index contributed by atoms with van der Waals surface area (Å²) in [6.45, 7) is 4.37. The molecule has 0 N–H and O–H groups in total. The van der Waals surface area contributed by atoms with Gasteiger partial charge in [0.1, 0.15) is 12.7 Å². The maximum Gasteiger partial charge on any atom is 0.224 e. The number of rotatable bonds is 4. The second-order valence-electron chi connectivity index (χ2n) is 7.17. The van der Waals surface area contributed by atoms with Crippen LogP contribution in [0.3, 0.4) is 0 Å². The van der Waals surface area contributed by atoms with E-state index < -0.39 is 0 Å². The molecule has 0 saturated carbocycles. The van der Waals surface area contributed by atoms with Gasteiger partial charge in [-0.1, -0.05) is 11.6 Å². The van der Waals surface area contributed by atoms with E-state index in [4.69, 9.17) is 9.47 Å². The molecule has 136 valence electrons. The summed E-state index contributed by atoms with van der Waals surface area (Å²) in [5.74, 6) is 0.221. The second kappa shape index (κ2) is 7.25. The lowest BCUT2D eigenvalue weighted by Gasteiger charge is -2.54. The quantitative estimate of drug-likeness (QED) is 0.771. The minimum absolute atomic E-state index is 0.0107. The zero-order valence-corrected chi connectivity index (χ0v) is 14.6. The molecular weight excluding hydrogens is 320 g/mol. The van der Waals surface area contributed by atoms with Crippen molar-refractivity contribution in [2.24, 2.45) is 5.41 Å². The Bertz CT molecular complexity index is 626. The molecule has 7 heteroatoms. The number of aryl methyl sites for hydroxylation is 1. The van der Waals surface area contributed by atoms with Crippen LogP contribution in [0.5, 0.6) is 0 Å². The maximum atomic E-state index is 13.0. The number of hydrogen-bond donors (Lipinski definition) is 0. The number of amides is 1. The van der Waals surface area contributed by atoms with Crippen LogP contribution in [0.2, 0.25) is 0 Å². The van der Waals surface area contributed by atoms with Gasteiger partial charge in [0.05, 0.1) is 26.4 Å². The normalized spacial score (nSPS) is 29.8. The third-order valence-electron chi connectivity index (χ3n) is 5.88. The fraction of sp³-hybridized carbons (Fsp3) is 0.722. The summed E-state index contributed by atoms with van der Waals surface area (Å²) in [5, 5.41) is 4.09. The molecular formula is C18H26N4O3. The fourth-order valence-electron chi connectivity index (χ4n) is 4.68. The summed E-state index contributed by atoms with van der Waals surface area (Å²) in [4.78, 5) is 19.0. The van der Waals surface area contributed by atoms with Crippen LogP contribution < -0.4 is 0 Å². The van der Waals surface area contributed by atoms with Crippen molar-refractivity contribution < 1.29 is 14.3 Å². The van der Waals surface area contributed by atoms with E-state index >= 15 is 0 Å². The number of carbonyl (C=O) groups excluding carboxylic acids is 1. The molecule has 0 bridgehead atoms. The first kappa shape index (κ1) is 16.7. The molecule has 4 heterocycles. The largest absolute Gasteiger partial charge is 0.380 e. The Kier molecular flexibility index (Phi) is 4.85. The van der Waals surface area contributed by atoms with Crippen LogP contribution in [0.15, 0.2) is 24.3 Å². The average Bonchev–Trinajstić information content (AvgIpc) is 3.20. The number of likely N-dealkylation sites (tertiary alicyclic amines) is 1. The van der Waals surface area contributed by atoms with Crippen LogP contribution in [0.25, 0.3) is 0 Å². The molecule has 3 aliphatic heterocycles. The summed E-state index contributed by atoms with van der Waals surface area (Å²) in [7, 11) is 0. The molecule has 4 rings (SSSR count). The lowest BCUT2D eigenvalue weighted by molar-refractivity contribution is -0.147. The lowest BCUT2D eigenvalue weighted by atomic mass is 9.65. The summed E-state index contributed by atoms with van der Waals surface area (Å²) >= 11 is 0. The van der Waals surface area contributed by atoms with Crippen molar-refractivity contribution >= 4 is 5.91 Å². The minimum Gasteiger partial charge on any atom is -0.380 e. The summed E-state index contributed by atoms with van der Waals surface area (Å²) in [6.07, 6.45) is 9.90. The maximum absolute atomic E-state index is 13.0. The monoisotopic (exact) mass is 346 g/mol. The molecule has 0 radical (unpaired) electrons. The predicted octanol–water partition coefficient (Wildman–Crippen LogP) is 1.41. The first-order chi connectivity index (χ1) is 12.3. The number of ether oxygens (including phenoxy) is 2. The van der Waals surface area contributed by atoms with Gasteiger partial charge in [0, 0.05) is 31.0 Å². The Balaban J connectivity index is 1.52. The zero-order valence-electron chi connectivity index (χ0n) is 14.6. The van der Waals surface area contributed by atoms with Crippen molar-refractivity contribution in [3.05, 3.63) is 24.3 Å². The van der Waals surface area contributed by atoms with Crippen molar-refractivity contribution in [3.8, 4) is 0 Å². The smallest absolute Gasteiger partial charge is 0.224 e. The van der Waals surface area contributed by atoms with Crippen LogP contribution in [0, 0.1) is 5.41 Å². The van der Waals surface area contributed by atoms with Gasteiger partial charge in [-0.2, -0.15) is 5.10 Å². The van der Waals surface area contributed by atoms with Gasteiger partial charge in [-0.15, -0.1) is 0 Å². The van der Waals surface area contributed by atoms with Gasteiger partial charge in [0.25, 0.3) is 0 Å². The Morgan fingerprint density at radius 3 is 3.12 bits per heavy atom. The van der Waals surface area contributed by atoms with Crippen LogP contribution in [0.1, 0.15) is 32.1 Å². The molecule has 25 heavy (non-hydrogen) atoms. The van der Waals surface area contributed by atoms with E-state index in [1.165, 1.54) is 11.9 Å². The standard InChI is InChI=1S/C18H26N4O3/c23-17(2-8-21-14-19-13-20-21)22-7-1-6-18(12-25-11-5-16(18)22)15-3-9-24-10-4-15/h3,13-14,16H,1-2,4-12H2/t16-,18-/m0/s1. The molecule has 0 spiro atoms. The van der Waals surface area contributed by atoms with Crippen LogP contribution in [-0.2, 0) is 20.8 Å². The molecule has 2 fully saturated rings. The van der Waals surface area contributed by atoms with Crippen molar-refractivity contribution in [3.63, 3.8) is 0 Å². The number of fused-ring (bicyclic) bond motifs is 1. The number of carbonyl (C=O) groups is 1. The molecule has 1 aromatic rings. The Labute approximate surface area is 148 Å². The highest BCUT2D eigenvalue weighted by Gasteiger charge is 2.50. The van der Waals surface area contributed by atoms with E-state index in [0.29, 0.717) is 19.6 Å². The molecule has 0 unspecified atom stereocenters. The molecule has 1 amide bonds. The fourth-order valence-corrected chi connectivity index (χ4v) is 4.68. The van der Waals surface area contributed by atoms with Gasteiger partial charge in [-0.3, -0.25) is 9.48 Å². The van der Waals surface area contributed by atoms with E-state index in [1.807, 2.05) is 0 Å². The highest BCUT2D eigenvalue weighted by Crippen LogP contribution is 2.47. The van der Waals surface area contributed by atoms with E-state index in [2.05, 4.69) is 21.1 Å². The molecule has 2 atom stereocenters. The number of piperidine rings is 1. The summed E-state index contributed by atoms with van der Waals surface area (Å²) in [5.41, 5.74) is 1.43. The van der Waals surface area contributed by atoms with Gasteiger partial charge < -0.3 is 14.4 Å². The van der Waals surface area contributed by atoms with Crippen molar-refractivity contribution in [1.29, 1.82) is 0 Å². The third-order valence-corrected chi connectivity index (χ3v) is 5.88. The predicted molar refractivity (Wildman–Crippen MR) is 90.8 cm³/mol. The third kappa shape index (κ3) is 3.22. The molecule has 7 nitrogen and oxygen atoms in total. The first-order valence-electron chi connectivity index (χ1n) is 9.26. The van der Waals surface area contributed by atoms with Crippen LogP contribution in [0.4, 0.5) is 0 Å². The van der Waals surface area contributed by atoms with E-state index in [-0.39, 0.29) is 17.4 Å². The van der Waals surface area contributed by atoms with Gasteiger partial charge >= 0.3 is 0 Å². The highest BCUT2D eigenvalue weighted by atomic mass is 16.5. The lowest BCUT2D eigenvalue weighted by Crippen LogP contribution is -2.59. The Morgan fingerprint density at radius 2 is 2.32 bits per heavy atom. The Morgan fingerprint density at radius 1 is 1.36 bits per heavy atom. The van der Waals surface area contributed by atoms with E-state index in [1.54, 1.807) is 11.0 Å². The summed E-state index contributed by atoms with van der Waals surface area (Å²) in [6, 6.07) is 0.252. The van der Waals surface area contributed by atoms with Crippen LogP contribution in [-0.4, -0.2) is 64.6 Å². The molecule has 0 aliphatic carbocycles. The van der Waals surface area contributed by atoms with Gasteiger partial charge in [-0.05, 0) is 25.7 Å².